The molecule has 100 valence electrons. The Hall–Kier alpha value is 0.01000. The van der Waals surface area contributed by atoms with Crippen LogP contribution in [0.3, 0.4) is 0 Å². The van der Waals surface area contributed by atoms with Crippen molar-refractivity contribution in [2.75, 3.05) is 18.6 Å². The highest BCUT2D eigenvalue weighted by molar-refractivity contribution is 9.10. The normalized spacial score (nSPS) is 16.8. The first-order valence-corrected chi connectivity index (χ1v) is 8.93. The van der Waals surface area contributed by atoms with E-state index >= 15 is 0 Å². The molecule has 0 aromatic heterocycles. The largest absolute Gasteiger partial charge is 0.314 e. The van der Waals surface area contributed by atoms with Gasteiger partial charge in [-0.05, 0) is 67.9 Å². The summed E-state index contributed by atoms with van der Waals surface area (Å²) in [5.41, 5.74) is 1.46. The molecular formula is C15H22BrNS. The lowest BCUT2D eigenvalue weighted by Crippen LogP contribution is -2.26. The summed E-state index contributed by atoms with van der Waals surface area (Å²) in [4.78, 5) is 0. The van der Waals surface area contributed by atoms with E-state index in [1.807, 2.05) is 11.8 Å². The minimum absolute atomic E-state index is 0.777. The molecule has 1 N–H and O–H groups in total. The van der Waals surface area contributed by atoms with Crippen molar-refractivity contribution in [1.82, 2.24) is 5.32 Å². The van der Waals surface area contributed by atoms with Crippen LogP contribution in [0.15, 0.2) is 28.7 Å². The lowest BCUT2D eigenvalue weighted by molar-refractivity contribution is 0.461. The summed E-state index contributed by atoms with van der Waals surface area (Å²) in [7, 11) is 0. The number of nitrogens with one attached hydrogen (secondary N) is 1. The molecule has 1 aliphatic rings. The Bertz CT molecular complexity index is 348. The van der Waals surface area contributed by atoms with Crippen LogP contribution in [0.1, 0.15) is 24.8 Å². The van der Waals surface area contributed by atoms with E-state index in [1.165, 1.54) is 48.0 Å². The second-order valence-electron chi connectivity index (χ2n) is 5.16. The van der Waals surface area contributed by atoms with Crippen LogP contribution < -0.4 is 5.32 Å². The van der Waals surface area contributed by atoms with Gasteiger partial charge in [0.15, 0.2) is 0 Å². The van der Waals surface area contributed by atoms with Gasteiger partial charge in [0.25, 0.3) is 0 Å². The van der Waals surface area contributed by atoms with Crippen LogP contribution in [0.4, 0.5) is 0 Å². The highest BCUT2D eigenvalue weighted by atomic mass is 79.9. The first kappa shape index (κ1) is 14.4. The quantitative estimate of drug-likeness (QED) is 0.771. The lowest BCUT2D eigenvalue weighted by atomic mass is 9.97. The molecule has 0 spiro atoms. The zero-order valence-corrected chi connectivity index (χ0v) is 13.4. The van der Waals surface area contributed by atoms with E-state index in [1.54, 1.807) is 0 Å². The summed E-state index contributed by atoms with van der Waals surface area (Å²) in [6.45, 7) is 1.18. The van der Waals surface area contributed by atoms with Crippen molar-refractivity contribution >= 4 is 27.7 Å². The molecule has 1 unspecified atom stereocenters. The monoisotopic (exact) mass is 327 g/mol. The third kappa shape index (κ3) is 5.33. The SMILES string of the molecule is CSCCC(CNC1CC1)Cc1ccc(Br)cc1. The minimum atomic E-state index is 0.777. The molecule has 1 atom stereocenters. The first-order chi connectivity index (χ1) is 8.78. The van der Waals surface area contributed by atoms with Crippen LogP contribution in [0.2, 0.25) is 0 Å². The first-order valence-electron chi connectivity index (χ1n) is 6.74. The van der Waals surface area contributed by atoms with E-state index < -0.39 is 0 Å². The summed E-state index contributed by atoms with van der Waals surface area (Å²) < 4.78 is 1.17. The van der Waals surface area contributed by atoms with Gasteiger partial charge in [0.1, 0.15) is 0 Å². The number of hydrogen-bond donors (Lipinski definition) is 1. The summed E-state index contributed by atoms with van der Waals surface area (Å²) in [5.74, 6) is 2.05. The highest BCUT2D eigenvalue weighted by Crippen LogP contribution is 2.21. The van der Waals surface area contributed by atoms with Crippen molar-refractivity contribution in [1.29, 1.82) is 0 Å². The Morgan fingerprint density at radius 3 is 2.67 bits per heavy atom. The molecule has 18 heavy (non-hydrogen) atoms. The van der Waals surface area contributed by atoms with Crippen LogP contribution in [0.5, 0.6) is 0 Å². The molecule has 2 rings (SSSR count). The van der Waals surface area contributed by atoms with Crippen molar-refractivity contribution in [3.8, 4) is 0 Å². The molecule has 1 aromatic rings. The van der Waals surface area contributed by atoms with Gasteiger partial charge < -0.3 is 5.32 Å². The fraction of sp³-hybridized carbons (Fsp3) is 0.600. The molecule has 0 amide bonds. The summed E-state index contributed by atoms with van der Waals surface area (Å²) >= 11 is 5.45. The van der Waals surface area contributed by atoms with Gasteiger partial charge in [-0.15, -0.1) is 0 Å². The molecule has 3 heteroatoms. The van der Waals surface area contributed by atoms with Gasteiger partial charge >= 0.3 is 0 Å². The Morgan fingerprint density at radius 2 is 2.06 bits per heavy atom. The van der Waals surface area contributed by atoms with Gasteiger partial charge in [0, 0.05) is 10.5 Å². The third-order valence-corrected chi connectivity index (χ3v) is 4.61. The standard InChI is InChI=1S/C15H22BrNS/c1-18-9-8-13(11-17-15-6-7-15)10-12-2-4-14(16)5-3-12/h2-5,13,15,17H,6-11H2,1H3. The Morgan fingerprint density at radius 1 is 1.33 bits per heavy atom. The van der Waals surface area contributed by atoms with Crippen molar-refractivity contribution in [2.45, 2.75) is 31.7 Å². The van der Waals surface area contributed by atoms with Gasteiger partial charge in [-0.2, -0.15) is 11.8 Å². The smallest absolute Gasteiger partial charge is 0.0175 e. The third-order valence-electron chi connectivity index (χ3n) is 3.44. The summed E-state index contributed by atoms with van der Waals surface area (Å²) in [6.07, 6.45) is 7.48. The predicted octanol–water partition coefficient (Wildman–Crippen LogP) is 4.11. The Labute approximate surface area is 123 Å². The number of benzene rings is 1. The van der Waals surface area contributed by atoms with Gasteiger partial charge in [0.2, 0.25) is 0 Å². The van der Waals surface area contributed by atoms with Crippen LogP contribution in [0.25, 0.3) is 0 Å². The average Bonchev–Trinajstić information content (AvgIpc) is 3.19. The molecule has 0 radical (unpaired) electrons. The molecule has 1 aliphatic carbocycles. The fourth-order valence-electron chi connectivity index (χ4n) is 2.14. The van der Waals surface area contributed by atoms with Crippen LogP contribution >= 0.6 is 27.7 Å². The van der Waals surface area contributed by atoms with Gasteiger partial charge in [-0.1, -0.05) is 28.1 Å². The summed E-state index contributed by atoms with van der Waals surface area (Å²) in [5, 5.41) is 3.68. The molecule has 0 heterocycles. The average molecular weight is 328 g/mol. The van der Waals surface area contributed by atoms with E-state index in [-0.39, 0.29) is 0 Å². The van der Waals surface area contributed by atoms with Gasteiger partial charge in [-0.25, -0.2) is 0 Å². The molecule has 1 aromatic carbocycles. The zero-order valence-electron chi connectivity index (χ0n) is 11.0. The van der Waals surface area contributed by atoms with E-state index in [2.05, 4.69) is 51.8 Å². The topological polar surface area (TPSA) is 12.0 Å². The van der Waals surface area contributed by atoms with Crippen LogP contribution in [-0.2, 0) is 6.42 Å². The second-order valence-corrected chi connectivity index (χ2v) is 7.06. The minimum Gasteiger partial charge on any atom is -0.314 e. The molecule has 1 saturated carbocycles. The van der Waals surface area contributed by atoms with Crippen molar-refractivity contribution in [3.05, 3.63) is 34.3 Å². The van der Waals surface area contributed by atoms with E-state index in [9.17, 15) is 0 Å². The molecular weight excluding hydrogens is 306 g/mol. The molecule has 0 saturated heterocycles. The van der Waals surface area contributed by atoms with Crippen LogP contribution in [0, 0.1) is 5.92 Å². The zero-order chi connectivity index (χ0) is 12.8. The number of rotatable bonds is 8. The lowest BCUT2D eigenvalue weighted by Gasteiger charge is -2.17. The van der Waals surface area contributed by atoms with E-state index in [0.29, 0.717) is 0 Å². The summed E-state index contributed by atoms with van der Waals surface area (Å²) in [6, 6.07) is 9.61. The molecule has 1 fully saturated rings. The number of hydrogen-bond acceptors (Lipinski definition) is 2. The molecule has 1 nitrogen and oxygen atoms in total. The molecule has 0 bridgehead atoms. The van der Waals surface area contributed by atoms with Gasteiger partial charge in [0.05, 0.1) is 0 Å². The van der Waals surface area contributed by atoms with E-state index in [4.69, 9.17) is 0 Å². The highest BCUT2D eigenvalue weighted by Gasteiger charge is 2.21. The fourth-order valence-corrected chi connectivity index (χ4v) is 2.97. The van der Waals surface area contributed by atoms with Crippen molar-refractivity contribution < 1.29 is 0 Å². The Balaban J connectivity index is 1.83. The number of thioether (sulfide) groups is 1. The predicted molar refractivity (Wildman–Crippen MR) is 85.4 cm³/mol. The molecule has 0 aliphatic heterocycles. The van der Waals surface area contributed by atoms with Crippen LogP contribution in [-0.4, -0.2) is 24.6 Å². The second kappa shape index (κ2) is 7.56. The maximum atomic E-state index is 3.68. The maximum absolute atomic E-state index is 3.68. The van der Waals surface area contributed by atoms with Gasteiger partial charge in [-0.3, -0.25) is 0 Å². The van der Waals surface area contributed by atoms with Crippen molar-refractivity contribution in [2.24, 2.45) is 5.92 Å². The van der Waals surface area contributed by atoms with Crippen molar-refractivity contribution in [3.63, 3.8) is 0 Å². The number of halogens is 1. The van der Waals surface area contributed by atoms with E-state index in [0.717, 1.165) is 12.0 Å². The Kier molecular flexibility index (Phi) is 6.06. The maximum Gasteiger partial charge on any atom is 0.0175 e.